The van der Waals surface area contributed by atoms with E-state index in [1.54, 1.807) is 0 Å². The summed E-state index contributed by atoms with van der Waals surface area (Å²) < 4.78 is 25.3. The lowest BCUT2D eigenvalue weighted by Crippen LogP contribution is -2.60. The summed E-state index contributed by atoms with van der Waals surface area (Å²) >= 11 is 0. The fraction of sp³-hybridized carbons (Fsp3) is 1.00. The normalized spacial score (nSPS) is 15.4. The Bertz CT molecular complexity index is 265. The first-order chi connectivity index (χ1) is 8.83. The molecule has 0 atom stereocenters. The molecule has 0 fully saturated rings. The van der Waals surface area contributed by atoms with E-state index in [0.717, 1.165) is 0 Å². The minimum Gasteiger partial charge on any atom is -0.348 e. The number of hydrogen-bond acceptors (Lipinski definition) is 4. The first-order valence-electron chi connectivity index (χ1n) is 7.63. The molecule has 0 aromatic rings. The lowest BCUT2D eigenvalue weighted by atomic mass is 11.2. The average Bonchev–Trinajstić information content (AvgIpc) is 1.83. The molecule has 8 heteroatoms. The molecule has 0 heterocycles. The highest BCUT2D eigenvalue weighted by Gasteiger charge is 2.49. The molecule has 0 unspecified atom stereocenters. The topological polar surface area (TPSA) is 36.9 Å². The van der Waals surface area contributed by atoms with Crippen LogP contribution in [0.25, 0.3) is 0 Å². The van der Waals surface area contributed by atoms with Crippen molar-refractivity contribution in [1.82, 2.24) is 0 Å². The molecule has 21 heavy (non-hydrogen) atoms. The van der Waals surface area contributed by atoms with Gasteiger partial charge < -0.3 is 17.7 Å². The van der Waals surface area contributed by atoms with Crippen LogP contribution in [0.4, 0.5) is 0 Å². The summed E-state index contributed by atoms with van der Waals surface area (Å²) in [7, 11) is -7.60. The molecule has 0 N–H and O–H groups in total. The Morgan fingerprint density at radius 3 is 0.619 bits per heavy atom. The quantitative estimate of drug-likeness (QED) is 0.446. The SMILES string of the molecule is C[Si](C)(C)OC(O[Si](C)(C)C)(O[Si](C)(C)C)O[Si](C)(C)C. The van der Waals surface area contributed by atoms with Crippen molar-refractivity contribution in [1.29, 1.82) is 0 Å². The van der Waals surface area contributed by atoms with Crippen LogP contribution in [0.5, 0.6) is 0 Å². The van der Waals surface area contributed by atoms with Gasteiger partial charge in [-0.15, -0.1) is 0 Å². The highest BCUT2D eigenvalue weighted by molar-refractivity contribution is 6.73. The molecule has 0 aliphatic heterocycles. The maximum absolute atomic E-state index is 6.33. The van der Waals surface area contributed by atoms with Gasteiger partial charge in [0.05, 0.1) is 0 Å². The van der Waals surface area contributed by atoms with Crippen molar-refractivity contribution in [2.75, 3.05) is 0 Å². The Morgan fingerprint density at radius 1 is 0.381 bits per heavy atom. The Hall–Kier alpha value is 0.708. The van der Waals surface area contributed by atoms with Crippen LogP contribution in [-0.2, 0) is 17.7 Å². The van der Waals surface area contributed by atoms with E-state index in [1.807, 2.05) is 0 Å². The minimum atomic E-state index is -1.90. The zero-order chi connectivity index (χ0) is 17.3. The van der Waals surface area contributed by atoms with Crippen molar-refractivity contribution in [3.8, 4) is 0 Å². The van der Waals surface area contributed by atoms with Crippen LogP contribution in [0.1, 0.15) is 0 Å². The highest BCUT2D eigenvalue weighted by atomic mass is 28.4. The summed E-state index contributed by atoms with van der Waals surface area (Å²) in [5.41, 5.74) is 0. The van der Waals surface area contributed by atoms with Gasteiger partial charge in [0.1, 0.15) is 0 Å². The lowest BCUT2D eigenvalue weighted by molar-refractivity contribution is -0.388. The van der Waals surface area contributed by atoms with Crippen LogP contribution in [0, 0.1) is 0 Å². The van der Waals surface area contributed by atoms with Crippen LogP contribution in [0.15, 0.2) is 0 Å². The van der Waals surface area contributed by atoms with Crippen LogP contribution in [0.3, 0.4) is 0 Å². The molecular formula is C13H36O4Si4. The van der Waals surface area contributed by atoms with Crippen molar-refractivity contribution in [2.24, 2.45) is 0 Å². The Kier molecular flexibility index (Phi) is 6.90. The highest BCUT2D eigenvalue weighted by Crippen LogP contribution is 2.33. The predicted molar refractivity (Wildman–Crippen MR) is 100 cm³/mol. The van der Waals surface area contributed by atoms with Crippen LogP contribution >= 0.6 is 0 Å². The van der Waals surface area contributed by atoms with Crippen molar-refractivity contribution in [3.63, 3.8) is 0 Å². The van der Waals surface area contributed by atoms with Crippen molar-refractivity contribution in [2.45, 2.75) is 84.7 Å². The number of hydrogen-bond donors (Lipinski definition) is 0. The Labute approximate surface area is 136 Å². The second-order valence-electron chi connectivity index (χ2n) is 9.36. The van der Waals surface area contributed by atoms with E-state index in [0.29, 0.717) is 0 Å². The summed E-state index contributed by atoms with van der Waals surface area (Å²) in [5.74, 6) is 0. The third-order valence-electron chi connectivity index (χ3n) is 1.72. The fourth-order valence-electron chi connectivity index (χ4n) is 1.63. The second-order valence-corrected chi connectivity index (χ2v) is 27.1. The molecule has 0 aliphatic rings. The lowest BCUT2D eigenvalue weighted by Gasteiger charge is -2.46. The summed E-state index contributed by atoms with van der Waals surface area (Å²) in [5, 5.41) is 0. The first kappa shape index (κ1) is 21.7. The van der Waals surface area contributed by atoms with E-state index >= 15 is 0 Å². The second kappa shape index (κ2) is 6.68. The van der Waals surface area contributed by atoms with Crippen molar-refractivity contribution < 1.29 is 17.7 Å². The van der Waals surface area contributed by atoms with E-state index in [9.17, 15) is 0 Å². The van der Waals surface area contributed by atoms with Crippen molar-refractivity contribution >= 4 is 33.3 Å². The van der Waals surface area contributed by atoms with Gasteiger partial charge in [-0.1, -0.05) is 0 Å². The minimum absolute atomic E-state index is 1.32. The molecular weight excluding hydrogens is 332 g/mol. The summed E-state index contributed by atoms with van der Waals surface area (Å²) in [6, 6.07) is 0. The third-order valence-corrected chi connectivity index (χ3v) is 5.17. The maximum Gasteiger partial charge on any atom is 0.373 e. The Morgan fingerprint density at radius 2 is 0.524 bits per heavy atom. The molecule has 0 amide bonds. The monoisotopic (exact) mass is 368 g/mol. The van der Waals surface area contributed by atoms with Gasteiger partial charge in [0, 0.05) is 0 Å². The number of rotatable bonds is 8. The van der Waals surface area contributed by atoms with Gasteiger partial charge in [-0.3, -0.25) is 0 Å². The zero-order valence-corrected chi connectivity index (χ0v) is 20.1. The molecule has 0 aliphatic carbocycles. The molecule has 4 nitrogen and oxygen atoms in total. The fourth-order valence-corrected chi connectivity index (χ4v) is 5.63. The van der Waals surface area contributed by atoms with Crippen LogP contribution < -0.4 is 0 Å². The van der Waals surface area contributed by atoms with Gasteiger partial charge in [-0.2, -0.15) is 0 Å². The van der Waals surface area contributed by atoms with Crippen LogP contribution in [-0.4, -0.2) is 39.4 Å². The predicted octanol–water partition coefficient (Wildman–Crippen LogP) is 5.00. The van der Waals surface area contributed by atoms with Crippen molar-refractivity contribution in [3.05, 3.63) is 0 Å². The van der Waals surface area contributed by atoms with Gasteiger partial charge >= 0.3 is 6.16 Å². The molecule has 128 valence electrons. The van der Waals surface area contributed by atoms with E-state index < -0.39 is 39.4 Å². The molecule has 0 rings (SSSR count). The van der Waals surface area contributed by atoms with E-state index in [1.165, 1.54) is 0 Å². The standard InChI is InChI=1S/C13H36O4Si4/c1-18(2,3)14-13(15-19(4,5)6,16-20(7,8)9)17-21(10,11)12/h1-12H3. The molecule has 0 saturated heterocycles. The molecule has 0 bridgehead atoms. The summed E-state index contributed by atoms with van der Waals surface area (Å²) in [6.45, 7) is 25.6. The molecule has 0 spiro atoms. The van der Waals surface area contributed by atoms with E-state index in [4.69, 9.17) is 17.7 Å². The third kappa shape index (κ3) is 11.9. The van der Waals surface area contributed by atoms with Crippen LogP contribution in [0.2, 0.25) is 78.6 Å². The maximum atomic E-state index is 6.33. The van der Waals surface area contributed by atoms with E-state index in [-0.39, 0.29) is 0 Å². The van der Waals surface area contributed by atoms with Gasteiger partial charge in [-0.05, 0) is 78.6 Å². The zero-order valence-electron chi connectivity index (χ0n) is 16.1. The van der Waals surface area contributed by atoms with Gasteiger partial charge in [0.25, 0.3) is 0 Å². The summed E-state index contributed by atoms with van der Waals surface area (Å²) in [6.07, 6.45) is -1.32. The smallest absolute Gasteiger partial charge is 0.348 e. The van der Waals surface area contributed by atoms with Gasteiger partial charge in [0.15, 0.2) is 33.3 Å². The van der Waals surface area contributed by atoms with Gasteiger partial charge in [-0.25, -0.2) is 0 Å². The average molecular weight is 369 g/mol. The van der Waals surface area contributed by atoms with E-state index in [2.05, 4.69) is 78.6 Å². The molecule has 0 radical (unpaired) electrons. The largest absolute Gasteiger partial charge is 0.373 e. The van der Waals surface area contributed by atoms with Gasteiger partial charge in [0.2, 0.25) is 0 Å². The first-order valence-corrected chi connectivity index (χ1v) is 21.3. The Balaban J connectivity index is 5.70. The molecule has 0 aromatic heterocycles. The summed E-state index contributed by atoms with van der Waals surface area (Å²) in [4.78, 5) is 0. The molecule has 0 aromatic carbocycles. The molecule has 0 saturated carbocycles.